The summed E-state index contributed by atoms with van der Waals surface area (Å²) < 4.78 is 5.57. The summed E-state index contributed by atoms with van der Waals surface area (Å²) in [5.74, 6) is 0.898. The lowest BCUT2D eigenvalue weighted by molar-refractivity contribution is -0.00677. The molecule has 0 amide bonds. The third-order valence-electron chi connectivity index (χ3n) is 5.62. The summed E-state index contributed by atoms with van der Waals surface area (Å²) in [5, 5.41) is 11.8. The minimum atomic E-state index is -0.894. The van der Waals surface area contributed by atoms with Crippen molar-refractivity contribution in [1.29, 1.82) is 0 Å². The average molecular weight is 354 g/mol. The molecular weight excluding hydrogens is 322 g/mol. The van der Waals surface area contributed by atoms with Crippen molar-refractivity contribution in [1.82, 2.24) is 4.90 Å². The Morgan fingerprint density at radius 1 is 1.00 bits per heavy atom. The van der Waals surface area contributed by atoms with Crippen LogP contribution in [-0.2, 0) is 5.60 Å². The highest BCUT2D eigenvalue weighted by molar-refractivity contribution is 5.35. The fourth-order valence-corrected chi connectivity index (χ4v) is 4.10. The highest BCUT2D eigenvalue weighted by atomic mass is 16.5. The molecule has 2 atom stereocenters. The van der Waals surface area contributed by atoms with Gasteiger partial charge in [-0.2, -0.15) is 0 Å². The van der Waals surface area contributed by atoms with E-state index >= 15 is 0 Å². The zero-order valence-electron chi connectivity index (χ0n) is 16.0. The van der Waals surface area contributed by atoms with Crippen LogP contribution in [0.5, 0.6) is 5.75 Å². The van der Waals surface area contributed by atoms with Gasteiger partial charge in [-0.3, -0.25) is 0 Å². The van der Waals surface area contributed by atoms with Crippen LogP contribution in [0.3, 0.4) is 0 Å². The van der Waals surface area contributed by atoms with Gasteiger partial charge in [-0.05, 0) is 62.5 Å². The second kappa shape index (κ2) is 8.70. The molecule has 0 saturated carbocycles. The Kier molecular flexibility index (Phi) is 6.33. The SMILES string of the molecule is CCOc1ccc([C@](O)(CC)[C@H](CN2CCCC2)c2ccccc2)cc1. The molecule has 0 radical (unpaired) electrons. The number of hydrogen-bond acceptors (Lipinski definition) is 3. The minimum absolute atomic E-state index is 0.0461. The van der Waals surface area contributed by atoms with Crippen LogP contribution in [0.2, 0.25) is 0 Å². The molecule has 1 heterocycles. The van der Waals surface area contributed by atoms with Crippen molar-refractivity contribution in [3.63, 3.8) is 0 Å². The third-order valence-corrected chi connectivity index (χ3v) is 5.62. The van der Waals surface area contributed by atoms with Gasteiger partial charge >= 0.3 is 0 Å². The number of benzene rings is 2. The number of aliphatic hydroxyl groups is 1. The number of rotatable bonds is 8. The summed E-state index contributed by atoms with van der Waals surface area (Å²) in [6.07, 6.45) is 3.19. The summed E-state index contributed by atoms with van der Waals surface area (Å²) in [4.78, 5) is 2.49. The molecule has 0 aromatic heterocycles. The van der Waals surface area contributed by atoms with Gasteiger partial charge in [0.05, 0.1) is 12.2 Å². The lowest BCUT2D eigenvalue weighted by Gasteiger charge is -2.38. The molecule has 140 valence electrons. The maximum Gasteiger partial charge on any atom is 0.119 e. The number of ether oxygens (including phenoxy) is 1. The van der Waals surface area contributed by atoms with Crippen molar-refractivity contribution in [2.75, 3.05) is 26.2 Å². The zero-order chi connectivity index (χ0) is 18.4. The third kappa shape index (κ3) is 4.11. The fourth-order valence-electron chi connectivity index (χ4n) is 4.10. The van der Waals surface area contributed by atoms with Crippen LogP contribution in [0, 0.1) is 0 Å². The molecule has 1 saturated heterocycles. The first kappa shape index (κ1) is 18.9. The van der Waals surface area contributed by atoms with Crippen molar-refractivity contribution in [3.05, 3.63) is 65.7 Å². The van der Waals surface area contributed by atoms with Crippen molar-refractivity contribution < 1.29 is 9.84 Å². The number of nitrogens with zero attached hydrogens (tertiary/aromatic N) is 1. The second-order valence-corrected chi connectivity index (χ2v) is 7.21. The topological polar surface area (TPSA) is 32.7 Å². The van der Waals surface area contributed by atoms with E-state index in [9.17, 15) is 5.11 Å². The summed E-state index contributed by atoms with van der Waals surface area (Å²) in [7, 11) is 0. The predicted molar refractivity (Wildman–Crippen MR) is 107 cm³/mol. The van der Waals surface area contributed by atoms with Crippen molar-refractivity contribution in [2.24, 2.45) is 0 Å². The highest BCUT2D eigenvalue weighted by Gasteiger charge is 2.39. The molecule has 2 aromatic rings. The van der Waals surface area contributed by atoms with Gasteiger partial charge < -0.3 is 14.7 Å². The van der Waals surface area contributed by atoms with Crippen molar-refractivity contribution in [2.45, 2.75) is 44.6 Å². The highest BCUT2D eigenvalue weighted by Crippen LogP contribution is 2.41. The van der Waals surface area contributed by atoms with Gasteiger partial charge in [0, 0.05) is 12.5 Å². The maximum atomic E-state index is 11.8. The summed E-state index contributed by atoms with van der Waals surface area (Å²) >= 11 is 0. The molecule has 26 heavy (non-hydrogen) atoms. The quantitative estimate of drug-likeness (QED) is 0.755. The van der Waals surface area contributed by atoms with Gasteiger partial charge in [0.2, 0.25) is 0 Å². The largest absolute Gasteiger partial charge is 0.494 e. The van der Waals surface area contributed by atoms with E-state index in [1.807, 2.05) is 37.3 Å². The Morgan fingerprint density at radius 3 is 2.23 bits per heavy atom. The van der Waals surface area contributed by atoms with Gasteiger partial charge in [-0.15, -0.1) is 0 Å². The number of likely N-dealkylation sites (tertiary alicyclic amines) is 1. The fraction of sp³-hybridized carbons (Fsp3) is 0.478. The first-order valence-corrected chi connectivity index (χ1v) is 9.90. The lowest BCUT2D eigenvalue weighted by atomic mass is 9.75. The standard InChI is InChI=1S/C23H31NO2/c1-3-23(25,20-12-14-21(15-13-20)26-4-2)22(18-24-16-8-9-17-24)19-10-6-5-7-11-19/h5-7,10-15,22,25H,3-4,8-9,16-18H2,1-2H3/t22-,23-/m1/s1. The van der Waals surface area contributed by atoms with E-state index in [0.29, 0.717) is 13.0 Å². The Labute approximate surface area is 157 Å². The van der Waals surface area contributed by atoms with Crippen LogP contribution in [0.15, 0.2) is 54.6 Å². The Hall–Kier alpha value is -1.84. The lowest BCUT2D eigenvalue weighted by Crippen LogP contribution is -2.40. The average Bonchev–Trinajstić information content (AvgIpc) is 3.20. The van der Waals surface area contributed by atoms with E-state index in [1.54, 1.807) is 0 Å². The molecule has 1 aliphatic heterocycles. The van der Waals surface area contributed by atoms with E-state index in [4.69, 9.17) is 4.74 Å². The van der Waals surface area contributed by atoms with Crippen LogP contribution >= 0.6 is 0 Å². The van der Waals surface area contributed by atoms with E-state index in [-0.39, 0.29) is 5.92 Å². The molecule has 3 nitrogen and oxygen atoms in total. The molecule has 0 spiro atoms. The Morgan fingerprint density at radius 2 is 1.65 bits per heavy atom. The van der Waals surface area contributed by atoms with Crippen LogP contribution in [0.25, 0.3) is 0 Å². The van der Waals surface area contributed by atoms with Gasteiger partial charge in [-0.25, -0.2) is 0 Å². The molecular formula is C23H31NO2. The molecule has 0 aliphatic carbocycles. The van der Waals surface area contributed by atoms with Gasteiger partial charge in [0.1, 0.15) is 5.75 Å². The van der Waals surface area contributed by atoms with Crippen LogP contribution in [0.4, 0.5) is 0 Å². The van der Waals surface area contributed by atoms with Crippen LogP contribution in [0.1, 0.15) is 50.2 Å². The molecule has 0 unspecified atom stereocenters. The Bertz CT molecular complexity index is 664. The monoisotopic (exact) mass is 353 g/mol. The Balaban J connectivity index is 1.94. The second-order valence-electron chi connectivity index (χ2n) is 7.21. The van der Waals surface area contributed by atoms with E-state index in [1.165, 1.54) is 18.4 Å². The molecule has 3 heteroatoms. The maximum absolute atomic E-state index is 11.8. The van der Waals surface area contributed by atoms with E-state index in [0.717, 1.165) is 30.9 Å². The van der Waals surface area contributed by atoms with E-state index < -0.39 is 5.60 Å². The first-order valence-electron chi connectivity index (χ1n) is 9.90. The molecule has 1 fully saturated rings. The van der Waals surface area contributed by atoms with Gasteiger partial charge in [-0.1, -0.05) is 49.4 Å². The summed E-state index contributed by atoms with van der Waals surface area (Å²) in [6.45, 7) is 7.87. The smallest absolute Gasteiger partial charge is 0.119 e. The first-order chi connectivity index (χ1) is 12.7. The minimum Gasteiger partial charge on any atom is -0.494 e. The summed E-state index contributed by atoms with van der Waals surface area (Å²) in [6, 6.07) is 18.5. The van der Waals surface area contributed by atoms with E-state index in [2.05, 4.69) is 36.1 Å². The molecule has 0 bridgehead atoms. The predicted octanol–water partition coefficient (Wildman–Crippen LogP) is 4.56. The van der Waals surface area contributed by atoms with Crippen molar-refractivity contribution >= 4 is 0 Å². The van der Waals surface area contributed by atoms with Crippen LogP contribution < -0.4 is 4.74 Å². The van der Waals surface area contributed by atoms with Crippen molar-refractivity contribution in [3.8, 4) is 5.75 Å². The summed E-state index contributed by atoms with van der Waals surface area (Å²) in [5.41, 5.74) is 1.28. The van der Waals surface area contributed by atoms with Gasteiger partial charge in [0.25, 0.3) is 0 Å². The molecule has 1 N–H and O–H groups in total. The van der Waals surface area contributed by atoms with Crippen LogP contribution in [-0.4, -0.2) is 36.2 Å². The molecule has 1 aliphatic rings. The zero-order valence-corrected chi connectivity index (χ0v) is 16.0. The normalized spacial score (nSPS) is 18.4. The molecule has 2 aromatic carbocycles. The molecule has 3 rings (SSSR count). The van der Waals surface area contributed by atoms with Gasteiger partial charge in [0.15, 0.2) is 0 Å². The number of hydrogen-bond donors (Lipinski definition) is 1.